The number of thiazole rings is 1. The summed E-state index contributed by atoms with van der Waals surface area (Å²) in [7, 11) is 0. The third-order valence-electron chi connectivity index (χ3n) is 1.59. The van der Waals surface area contributed by atoms with Crippen molar-refractivity contribution < 1.29 is 14.6 Å². The zero-order valence-electron chi connectivity index (χ0n) is 8.52. The molecule has 0 amide bonds. The maximum absolute atomic E-state index is 10.5. The third kappa shape index (κ3) is 4.26. The van der Waals surface area contributed by atoms with E-state index < -0.39 is 5.97 Å². The molecule has 2 N–H and O–H groups in total. The lowest BCUT2D eigenvalue weighted by atomic mass is 10.5. The number of carboxylic acids is 1. The van der Waals surface area contributed by atoms with Gasteiger partial charge in [-0.1, -0.05) is 18.3 Å². The highest BCUT2D eigenvalue weighted by Crippen LogP contribution is 2.17. The zero-order valence-corrected chi connectivity index (χ0v) is 9.34. The van der Waals surface area contributed by atoms with Crippen molar-refractivity contribution in [2.45, 2.75) is 13.3 Å². The molecule has 1 aromatic heterocycles. The predicted molar refractivity (Wildman–Crippen MR) is 58.7 cm³/mol. The summed E-state index contributed by atoms with van der Waals surface area (Å²) in [6, 6.07) is 0. The van der Waals surface area contributed by atoms with Crippen LogP contribution >= 0.6 is 11.3 Å². The molecule has 0 aliphatic heterocycles. The first-order valence-electron chi connectivity index (χ1n) is 4.74. The number of aromatic carboxylic acids is 1. The number of ether oxygens (including phenoxy) is 1. The minimum absolute atomic E-state index is 0.243. The second-order valence-corrected chi connectivity index (χ2v) is 3.90. The van der Waals surface area contributed by atoms with E-state index in [-0.39, 0.29) is 4.88 Å². The number of aromatic nitrogens is 1. The molecule has 1 heterocycles. The molecule has 6 heteroatoms. The van der Waals surface area contributed by atoms with E-state index in [1.54, 1.807) is 0 Å². The molecule has 0 bridgehead atoms. The number of nitrogens with zero attached hydrogens (tertiary/aromatic N) is 1. The standard InChI is InChI=1S/C9H14N2O3S/c1-2-4-14-5-3-10-9-11-6-7(15-9)8(12)13/h6H,2-5H2,1H3,(H,10,11)(H,12,13). The van der Waals surface area contributed by atoms with Gasteiger partial charge in [-0.05, 0) is 6.42 Å². The molecule has 0 aliphatic rings. The Morgan fingerprint density at radius 1 is 1.67 bits per heavy atom. The number of hydrogen-bond acceptors (Lipinski definition) is 5. The van der Waals surface area contributed by atoms with Crippen LogP contribution in [0.2, 0.25) is 0 Å². The molecule has 1 aromatic rings. The largest absolute Gasteiger partial charge is 0.477 e. The maximum Gasteiger partial charge on any atom is 0.347 e. The van der Waals surface area contributed by atoms with Crippen LogP contribution in [0.25, 0.3) is 0 Å². The molecule has 0 unspecified atom stereocenters. The highest BCUT2D eigenvalue weighted by atomic mass is 32.1. The Labute approximate surface area is 92.1 Å². The molecular weight excluding hydrogens is 216 g/mol. The van der Waals surface area contributed by atoms with Crippen LogP contribution < -0.4 is 5.32 Å². The fourth-order valence-corrected chi connectivity index (χ4v) is 1.61. The van der Waals surface area contributed by atoms with E-state index in [1.807, 2.05) is 6.92 Å². The topological polar surface area (TPSA) is 71.5 Å². The SMILES string of the molecule is CCCOCCNc1ncc(C(=O)O)s1. The molecule has 0 aromatic carbocycles. The van der Waals surface area contributed by atoms with Gasteiger partial charge in [-0.2, -0.15) is 0 Å². The maximum atomic E-state index is 10.5. The van der Waals surface area contributed by atoms with E-state index in [9.17, 15) is 4.79 Å². The molecule has 0 saturated carbocycles. The van der Waals surface area contributed by atoms with Crippen molar-refractivity contribution in [2.24, 2.45) is 0 Å². The number of carboxylic acid groups (broad SMARTS) is 1. The molecule has 1 rings (SSSR count). The predicted octanol–water partition coefficient (Wildman–Crippen LogP) is 1.68. The monoisotopic (exact) mass is 230 g/mol. The van der Waals surface area contributed by atoms with Crippen LogP contribution in [0.5, 0.6) is 0 Å². The van der Waals surface area contributed by atoms with E-state index in [1.165, 1.54) is 6.20 Å². The van der Waals surface area contributed by atoms with Gasteiger partial charge in [0.2, 0.25) is 0 Å². The summed E-state index contributed by atoms with van der Waals surface area (Å²) in [6.45, 7) is 4.05. The summed E-state index contributed by atoms with van der Waals surface area (Å²) >= 11 is 1.13. The first-order chi connectivity index (χ1) is 7.24. The van der Waals surface area contributed by atoms with E-state index in [4.69, 9.17) is 9.84 Å². The summed E-state index contributed by atoms with van der Waals surface area (Å²) < 4.78 is 5.26. The fraction of sp³-hybridized carbons (Fsp3) is 0.556. The second kappa shape index (κ2) is 6.36. The first kappa shape index (κ1) is 11.9. The zero-order chi connectivity index (χ0) is 11.1. The van der Waals surface area contributed by atoms with Gasteiger partial charge >= 0.3 is 5.97 Å². The van der Waals surface area contributed by atoms with Crippen molar-refractivity contribution in [1.82, 2.24) is 4.98 Å². The molecular formula is C9H14N2O3S. The lowest BCUT2D eigenvalue weighted by molar-refractivity contribution is 0.0702. The molecule has 0 radical (unpaired) electrons. The molecule has 0 saturated heterocycles. The minimum Gasteiger partial charge on any atom is -0.477 e. The van der Waals surface area contributed by atoms with Gasteiger partial charge in [-0.3, -0.25) is 0 Å². The molecule has 0 aliphatic carbocycles. The number of anilines is 1. The minimum atomic E-state index is -0.942. The first-order valence-corrected chi connectivity index (χ1v) is 5.56. The number of rotatable bonds is 7. The molecule has 0 spiro atoms. The molecule has 5 nitrogen and oxygen atoms in total. The van der Waals surface area contributed by atoms with Gasteiger partial charge in [0.15, 0.2) is 5.13 Å². The van der Waals surface area contributed by atoms with Crippen LogP contribution in [-0.4, -0.2) is 35.8 Å². The van der Waals surface area contributed by atoms with Gasteiger partial charge in [0.05, 0.1) is 12.8 Å². The third-order valence-corrected chi connectivity index (χ3v) is 2.53. The Balaban J connectivity index is 2.23. The van der Waals surface area contributed by atoms with Crippen molar-refractivity contribution in [1.29, 1.82) is 0 Å². The Bertz CT molecular complexity index is 314. The molecule has 15 heavy (non-hydrogen) atoms. The Kier molecular flexibility index (Phi) is 5.06. The van der Waals surface area contributed by atoms with Gasteiger partial charge in [0, 0.05) is 13.2 Å². The van der Waals surface area contributed by atoms with Crippen LogP contribution in [-0.2, 0) is 4.74 Å². The van der Waals surface area contributed by atoms with Crippen LogP contribution in [0.15, 0.2) is 6.20 Å². The van der Waals surface area contributed by atoms with E-state index >= 15 is 0 Å². The molecule has 0 fully saturated rings. The van der Waals surface area contributed by atoms with Crippen molar-refractivity contribution in [3.05, 3.63) is 11.1 Å². The number of nitrogens with one attached hydrogen (secondary N) is 1. The Morgan fingerprint density at radius 2 is 2.47 bits per heavy atom. The van der Waals surface area contributed by atoms with Crippen molar-refractivity contribution >= 4 is 22.4 Å². The van der Waals surface area contributed by atoms with Crippen LogP contribution in [0.4, 0.5) is 5.13 Å². The normalized spacial score (nSPS) is 10.2. The lowest BCUT2D eigenvalue weighted by Gasteiger charge is -2.02. The summed E-state index contributed by atoms with van der Waals surface area (Å²) in [6.07, 6.45) is 2.35. The molecule has 84 valence electrons. The quantitative estimate of drug-likeness (QED) is 0.697. The average molecular weight is 230 g/mol. The van der Waals surface area contributed by atoms with Crippen LogP contribution in [0.1, 0.15) is 23.0 Å². The lowest BCUT2D eigenvalue weighted by Crippen LogP contribution is -2.09. The second-order valence-electron chi connectivity index (χ2n) is 2.87. The Hall–Kier alpha value is -1.14. The summed E-state index contributed by atoms with van der Waals surface area (Å²) in [5, 5.41) is 12.3. The van der Waals surface area contributed by atoms with Crippen molar-refractivity contribution in [3.63, 3.8) is 0 Å². The number of carbonyl (C=O) groups is 1. The van der Waals surface area contributed by atoms with Gasteiger partial charge in [-0.25, -0.2) is 9.78 Å². The van der Waals surface area contributed by atoms with Gasteiger partial charge in [0.1, 0.15) is 4.88 Å². The van der Waals surface area contributed by atoms with Crippen molar-refractivity contribution in [2.75, 3.05) is 25.1 Å². The van der Waals surface area contributed by atoms with Crippen LogP contribution in [0.3, 0.4) is 0 Å². The summed E-state index contributed by atoms with van der Waals surface area (Å²) in [5.41, 5.74) is 0. The van der Waals surface area contributed by atoms with E-state index in [0.717, 1.165) is 24.4 Å². The van der Waals surface area contributed by atoms with E-state index in [2.05, 4.69) is 10.3 Å². The highest BCUT2D eigenvalue weighted by molar-refractivity contribution is 7.17. The average Bonchev–Trinajstić information content (AvgIpc) is 2.66. The molecule has 0 atom stereocenters. The summed E-state index contributed by atoms with van der Waals surface area (Å²) in [4.78, 5) is 14.7. The van der Waals surface area contributed by atoms with Crippen molar-refractivity contribution in [3.8, 4) is 0 Å². The van der Waals surface area contributed by atoms with Gasteiger partial charge < -0.3 is 15.2 Å². The number of hydrogen-bond donors (Lipinski definition) is 2. The highest BCUT2D eigenvalue weighted by Gasteiger charge is 2.07. The summed E-state index contributed by atoms with van der Waals surface area (Å²) in [5.74, 6) is -0.942. The van der Waals surface area contributed by atoms with E-state index in [0.29, 0.717) is 18.3 Å². The fourth-order valence-electron chi connectivity index (χ4n) is 0.931. The Morgan fingerprint density at radius 3 is 3.07 bits per heavy atom. The smallest absolute Gasteiger partial charge is 0.347 e. The van der Waals surface area contributed by atoms with Crippen LogP contribution in [0, 0.1) is 0 Å². The van der Waals surface area contributed by atoms with Gasteiger partial charge in [-0.15, -0.1) is 0 Å². The van der Waals surface area contributed by atoms with Gasteiger partial charge in [0.25, 0.3) is 0 Å².